The number of carbonyl (C=O) groups excluding carboxylic acids is 1. The zero-order valence-corrected chi connectivity index (χ0v) is 11.4. The summed E-state index contributed by atoms with van der Waals surface area (Å²) in [5.74, 6) is -0.233. The van der Waals surface area contributed by atoms with Crippen LogP contribution in [0.1, 0.15) is 6.42 Å². The third-order valence-electron chi connectivity index (χ3n) is 3.62. The monoisotopic (exact) mass is 265 g/mol. The molecule has 1 aromatic carbocycles. The van der Waals surface area contributed by atoms with E-state index in [1.807, 2.05) is 19.0 Å². The van der Waals surface area contributed by atoms with E-state index in [4.69, 9.17) is 0 Å². The van der Waals surface area contributed by atoms with Crippen LogP contribution in [-0.4, -0.2) is 50.6 Å². The molecule has 5 heteroatoms. The van der Waals surface area contributed by atoms with E-state index >= 15 is 0 Å². The van der Waals surface area contributed by atoms with Gasteiger partial charge in [-0.2, -0.15) is 0 Å². The van der Waals surface area contributed by atoms with Gasteiger partial charge in [-0.25, -0.2) is 4.39 Å². The zero-order chi connectivity index (χ0) is 13.8. The molecule has 1 aliphatic rings. The van der Waals surface area contributed by atoms with Gasteiger partial charge >= 0.3 is 0 Å². The van der Waals surface area contributed by atoms with Gasteiger partial charge in [0, 0.05) is 13.6 Å². The topological polar surface area (TPSA) is 35.6 Å². The van der Waals surface area contributed by atoms with Crippen molar-refractivity contribution in [1.29, 1.82) is 0 Å². The SMILES string of the molecule is CNCCC1CN(c2ccccc2F)CC(=O)N1C. The van der Waals surface area contributed by atoms with Crippen LogP contribution in [0.2, 0.25) is 0 Å². The van der Waals surface area contributed by atoms with E-state index in [9.17, 15) is 9.18 Å². The molecule has 1 unspecified atom stereocenters. The van der Waals surface area contributed by atoms with Crippen molar-refractivity contribution in [2.45, 2.75) is 12.5 Å². The van der Waals surface area contributed by atoms with E-state index in [0.717, 1.165) is 13.0 Å². The Labute approximate surface area is 113 Å². The highest BCUT2D eigenvalue weighted by atomic mass is 19.1. The summed E-state index contributed by atoms with van der Waals surface area (Å²) in [6.45, 7) is 1.76. The number of piperazine rings is 1. The summed E-state index contributed by atoms with van der Waals surface area (Å²) in [5, 5.41) is 3.09. The Balaban J connectivity index is 2.15. The number of para-hydroxylation sites is 1. The Morgan fingerprint density at radius 1 is 1.42 bits per heavy atom. The van der Waals surface area contributed by atoms with Crippen LogP contribution in [0.15, 0.2) is 24.3 Å². The minimum absolute atomic E-state index is 0.0376. The lowest BCUT2D eigenvalue weighted by Gasteiger charge is -2.40. The Hall–Kier alpha value is -1.62. The highest BCUT2D eigenvalue weighted by Gasteiger charge is 2.30. The van der Waals surface area contributed by atoms with Crippen LogP contribution in [0, 0.1) is 5.82 Å². The molecule has 0 aliphatic carbocycles. The van der Waals surface area contributed by atoms with Gasteiger partial charge < -0.3 is 15.1 Å². The highest BCUT2D eigenvalue weighted by Crippen LogP contribution is 2.23. The number of amides is 1. The summed E-state index contributed by atoms with van der Waals surface area (Å²) in [5.41, 5.74) is 0.512. The number of benzene rings is 1. The van der Waals surface area contributed by atoms with Crippen molar-refractivity contribution in [3.63, 3.8) is 0 Å². The lowest BCUT2D eigenvalue weighted by molar-refractivity contribution is -0.132. The van der Waals surface area contributed by atoms with Crippen molar-refractivity contribution in [3.05, 3.63) is 30.1 Å². The standard InChI is InChI=1S/C14H20FN3O/c1-16-8-7-11-9-18(10-14(19)17(11)2)13-6-4-3-5-12(13)15/h3-6,11,16H,7-10H2,1-2H3. The second-order valence-electron chi connectivity index (χ2n) is 4.88. The number of rotatable bonds is 4. The normalized spacial score (nSPS) is 19.9. The molecule has 2 rings (SSSR count). The third-order valence-corrected chi connectivity index (χ3v) is 3.62. The molecule has 1 saturated heterocycles. The summed E-state index contributed by atoms with van der Waals surface area (Å²) in [6.07, 6.45) is 0.865. The maximum atomic E-state index is 13.8. The predicted molar refractivity (Wildman–Crippen MR) is 73.7 cm³/mol. The molecule has 4 nitrogen and oxygen atoms in total. The largest absolute Gasteiger partial charge is 0.358 e. The Kier molecular flexibility index (Phi) is 4.37. The molecule has 1 aliphatic heterocycles. The average Bonchev–Trinajstić information content (AvgIpc) is 2.41. The van der Waals surface area contributed by atoms with Gasteiger partial charge in [-0.05, 0) is 32.1 Å². The number of nitrogens with zero attached hydrogens (tertiary/aromatic N) is 2. The lowest BCUT2D eigenvalue weighted by Crippen LogP contribution is -2.55. The van der Waals surface area contributed by atoms with E-state index in [-0.39, 0.29) is 24.3 Å². The molecule has 1 heterocycles. The first-order chi connectivity index (χ1) is 9.13. The number of likely N-dealkylation sites (N-methyl/N-ethyl adjacent to an activating group) is 1. The number of hydrogen-bond donors (Lipinski definition) is 1. The van der Waals surface area contributed by atoms with Gasteiger partial charge in [0.1, 0.15) is 5.82 Å². The van der Waals surface area contributed by atoms with Crippen molar-refractivity contribution in [3.8, 4) is 0 Å². The quantitative estimate of drug-likeness (QED) is 0.885. The smallest absolute Gasteiger partial charge is 0.242 e. The second kappa shape index (κ2) is 6.02. The van der Waals surface area contributed by atoms with Crippen molar-refractivity contribution in [2.24, 2.45) is 0 Å². The molecule has 0 bridgehead atoms. The van der Waals surface area contributed by atoms with Crippen LogP contribution < -0.4 is 10.2 Å². The average molecular weight is 265 g/mol. The molecule has 0 aromatic heterocycles. The molecule has 1 atom stereocenters. The van der Waals surface area contributed by atoms with E-state index in [2.05, 4.69) is 5.32 Å². The predicted octanol–water partition coefficient (Wildman–Crippen LogP) is 1.08. The van der Waals surface area contributed by atoms with Crippen LogP contribution in [-0.2, 0) is 4.79 Å². The van der Waals surface area contributed by atoms with E-state index in [1.165, 1.54) is 6.07 Å². The van der Waals surface area contributed by atoms with Crippen molar-refractivity contribution in [2.75, 3.05) is 38.6 Å². The molecule has 1 amide bonds. The molecule has 104 valence electrons. The van der Waals surface area contributed by atoms with Crippen LogP contribution in [0.4, 0.5) is 10.1 Å². The molecular formula is C14H20FN3O. The van der Waals surface area contributed by atoms with Gasteiger partial charge in [0.2, 0.25) is 5.91 Å². The summed E-state index contributed by atoms with van der Waals surface area (Å²) in [4.78, 5) is 15.6. The van der Waals surface area contributed by atoms with Crippen molar-refractivity contribution < 1.29 is 9.18 Å². The molecule has 0 spiro atoms. The highest BCUT2D eigenvalue weighted by molar-refractivity contribution is 5.83. The Bertz CT molecular complexity index is 452. The maximum Gasteiger partial charge on any atom is 0.242 e. The van der Waals surface area contributed by atoms with Gasteiger partial charge in [-0.1, -0.05) is 12.1 Å². The lowest BCUT2D eigenvalue weighted by atomic mass is 10.1. The fourth-order valence-electron chi connectivity index (χ4n) is 2.41. The number of hydrogen-bond acceptors (Lipinski definition) is 3. The van der Waals surface area contributed by atoms with Gasteiger partial charge in [0.25, 0.3) is 0 Å². The van der Waals surface area contributed by atoms with E-state index in [0.29, 0.717) is 12.2 Å². The number of carbonyl (C=O) groups is 1. The molecule has 19 heavy (non-hydrogen) atoms. The summed E-state index contributed by atoms with van der Waals surface area (Å²) >= 11 is 0. The van der Waals surface area contributed by atoms with Crippen molar-refractivity contribution >= 4 is 11.6 Å². The molecule has 0 saturated carbocycles. The summed E-state index contributed by atoms with van der Waals surface area (Å²) in [6, 6.07) is 6.73. The van der Waals surface area contributed by atoms with Crippen molar-refractivity contribution in [1.82, 2.24) is 10.2 Å². The van der Waals surface area contributed by atoms with Crippen LogP contribution in [0.25, 0.3) is 0 Å². The van der Waals surface area contributed by atoms with Crippen LogP contribution in [0.5, 0.6) is 0 Å². The van der Waals surface area contributed by atoms with Crippen LogP contribution >= 0.6 is 0 Å². The van der Waals surface area contributed by atoms with Gasteiger partial charge in [0.15, 0.2) is 0 Å². The molecule has 1 fully saturated rings. The minimum Gasteiger partial charge on any atom is -0.358 e. The van der Waals surface area contributed by atoms with Gasteiger partial charge in [0.05, 0.1) is 18.3 Å². The zero-order valence-electron chi connectivity index (χ0n) is 11.4. The fourth-order valence-corrected chi connectivity index (χ4v) is 2.41. The molecule has 1 N–H and O–H groups in total. The van der Waals surface area contributed by atoms with E-state index in [1.54, 1.807) is 23.1 Å². The maximum absolute atomic E-state index is 13.8. The molecule has 0 radical (unpaired) electrons. The first kappa shape index (κ1) is 13.8. The number of anilines is 1. The summed E-state index contributed by atoms with van der Waals surface area (Å²) in [7, 11) is 3.71. The van der Waals surface area contributed by atoms with Crippen LogP contribution in [0.3, 0.4) is 0 Å². The summed E-state index contributed by atoms with van der Waals surface area (Å²) < 4.78 is 13.8. The first-order valence-corrected chi connectivity index (χ1v) is 6.53. The minimum atomic E-state index is -0.271. The second-order valence-corrected chi connectivity index (χ2v) is 4.88. The Morgan fingerprint density at radius 3 is 2.84 bits per heavy atom. The molecular weight excluding hydrogens is 245 g/mol. The third kappa shape index (κ3) is 3.04. The van der Waals surface area contributed by atoms with Gasteiger partial charge in [-0.3, -0.25) is 4.79 Å². The fraction of sp³-hybridized carbons (Fsp3) is 0.500. The van der Waals surface area contributed by atoms with E-state index < -0.39 is 0 Å². The first-order valence-electron chi connectivity index (χ1n) is 6.53. The van der Waals surface area contributed by atoms with Gasteiger partial charge in [-0.15, -0.1) is 0 Å². The number of nitrogens with one attached hydrogen (secondary N) is 1. The Morgan fingerprint density at radius 2 is 2.16 bits per heavy atom. The molecule has 1 aromatic rings. The number of halogens is 1.